The lowest BCUT2D eigenvalue weighted by atomic mass is 10.2. The van der Waals surface area contributed by atoms with Crippen LogP contribution in [0, 0.1) is 0 Å². The summed E-state index contributed by atoms with van der Waals surface area (Å²) < 4.78 is 55.8. The second-order valence-corrected chi connectivity index (χ2v) is 3.47. The predicted octanol–water partition coefficient (Wildman–Crippen LogP) is 1.87. The van der Waals surface area contributed by atoms with Crippen molar-refractivity contribution in [1.29, 1.82) is 0 Å². The average molecular weight is 225 g/mol. The van der Waals surface area contributed by atoms with E-state index in [-0.39, 0.29) is 4.90 Å². The van der Waals surface area contributed by atoms with Crippen LogP contribution >= 0.6 is 0 Å². The van der Waals surface area contributed by atoms with Crippen molar-refractivity contribution in [3.05, 3.63) is 23.8 Å². The van der Waals surface area contributed by atoms with Crippen molar-refractivity contribution in [3.63, 3.8) is 0 Å². The molecule has 1 atom stereocenters. The molecule has 0 fully saturated rings. The molecule has 7 heteroatoms. The maximum Gasteiger partial charge on any atom is 0.418 e. The summed E-state index contributed by atoms with van der Waals surface area (Å²) in [5.74, 6) is 0. The largest absolute Gasteiger partial charge is 0.418 e. The molecule has 0 bridgehead atoms. The third-order valence-electron chi connectivity index (χ3n) is 1.53. The SMILES string of the molecule is Nc1ccc(S(=O)O)cc1C(F)(F)F. The van der Waals surface area contributed by atoms with Gasteiger partial charge in [-0.2, -0.15) is 13.2 Å². The van der Waals surface area contributed by atoms with E-state index in [9.17, 15) is 17.4 Å². The third-order valence-corrected chi connectivity index (χ3v) is 2.19. The molecule has 0 aliphatic carbocycles. The number of nitrogens with two attached hydrogens (primary N) is 1. The van der Waals surface area contributed by atoms with Crippen LogP contribution in [0.25, 0.3) is 0 Å². The van der Waals surface area contributed by atoms with Gasteiger partial charge in [0.05, 0.1) is 10.5 Å². The van der Waals surface area contributed by atoms with Crippen molar-refractivity contribution < 1.29 is 21.9 Å². The predicted molar refractivity (Wildman–Crippen MR) is 44.9 cm³/mol. The van der Waals surface area contributed by atoms with Crippen LogP contribution in [0.15, 0.2) is 23.1 Å². The van der Waals surface area contributed by atoms with E-state index in [1.807, 2.05) is 0 Å². The van der Waals surface area contributed by atoms with Gasteiger partial charge in [0.25, 0.3) is 0 Å². The van der Waals surface area contributed by atoms with Crippen LogP contribution in [-0.2, 0) is 17.3 Å². The Morgan fingerprint density at radius 3 is 2.36 bits per heavy atom. The highest BCUT2D eigenvalue weighted by atomic mass is 32.2. The quantitative estimate of drug-likeness (QED) is 0.566. The fourth-order valence-corrected chi connectivity index (χ4v) is 1.29. The molecule has 0 spiro atoms. The lowest BCUT2D eigenvalue weighted by molar-refractivity contribution is -0.137. The molecule has 3 nitrogen and oxygen atoms in total. The molecule has 1 aromatic rings. The molecule has 3 N–H and O–H groups in total. The molecule has 0 radical (unpaired) electrons. The van der Waals surface area contributed by atoms with E-state index in [0.717, 1.165) is 12.1 Å². The van der Waals surface area contributed by atoms with E-state index in [2.05, 4.69) is 0 Å². The molecule has 1 unspecified atom stereocenters. The Bertz CT molecular complexity index is 378. The minimum atomic E-state index is -4.61. The van der Waals surface area contributed by atoms with Gasteiger partial charge in [0.2, 0.25) is 0 Å². The van der Waals surface area contributed by atoms with Gasteiger partial charge in [0, 0.05) is 5.69 Å². The Balaban J connectivity index is 3.29. The number of anilines is 1. The first-order valence-electron chi connectivity index (χ1n) is 3.40. The zero-order chi connectivity index (χ0) is 10.9. The smallest absolute Gasteiger partial charge is 0.398 e. The van der Waals surface area contributed by atoms with Gasteiger partial charge < -0.3 is 10.3 Å². The molecule has 14 heavy (non-hydrogen) atoms. The Morgan fingerprint density at radius 2 is 1.93 bits per heavy atom. The molecule has 0 aliphatic rings. The van der Waals surface area contributed by atoms with Gasteiger partial charge in [0.1, 0.15) is 0 Å². The monoisotopic (exact) mass is 225 g/mol. The molecule has 1 aromatic carbocycles. The number of nitrogen functional groups attached to an aromatic ring is 1. The van der Waals surface area contributed by atoms with Gasteiger partial charge in [0.15, 0.2) is 11.1 Å². The molecule has 0 heterocycles. The number of hydrogen-bond donors (Lipinski definition) is 2. The number of hydrogen-bond acceptors (Lipinski definition) is 2. The summed E-state index contributed by atoms with van der Waals surface area (Å²) in [5.41, 5.74) is 3.51. The van der Waals surface area contributed by atoms with Crippen molar-refractivity contribution >= 4 is 16.8 Å². The van der Waals surface area contributed by atoms with Crippen LogP contribution < -0.4 is 5.73 Å². The number of halogens is 3. The van der Waals surface area contributed by atoms with Gasteiger partial charge >= 0.3 is 6.18 Å². The number of benzene rings is 1. The van der Waals surface area contributed by atoms with Crippen LogP contribution in [0.1, 0.15) is 5.56 Å². The van der Waals surface area contributed by atoms with E-state index in [1.54, 1.807) is 0 Å². The topological polar surface area (TPSA) is 63.3 Å². The summed E-state index contributed by atoms with van der Waals surface area (Å²) in [6, 6.07) is 2.58. The first-order valence-corrected chi connectivity index (χ1v) is 4.50. The highest BCUT2D eigenvalue weighted by Gasteiger charge is 2.33. The zero-order valence-electron chi connectivity index (χ0n) is 6.71. The highest BCUT2D eigenvalue weighted by molar-refractivity contribution is 7.79. The van der Waals surface area contributed by atoms with Crippen molar-refractivity contribution in [1.82, 2.24) is 0 Å². The minimum Gasteiger partial charge on any atom is -0.398 e. The van der Waals surface area contributed by atoms with Crippen molar-refractivity contribution in [2.24, 2.45) is 0 Å². The molecular formula is C7H6F3NO2S. The second-order valence-electron chi connectivity index (χ2n) is 2.50. The molecule has 1 rings (SSSR count). The fraction of sp³-hybridized carbons (Fsp3) is 0.143. The Labute approximate surface area is 80.0 Å². The molecule has 0 saturated heterocycles. The first kappa shape index (κ1) is 11.0. The zero-order valence-corrected chi connectivity index (χ0v) is 7.52. The molecular weight excluding hydrogens is 219 g/mol. The Hall–Kier alpha value is -1.08. The standard InChI is InChI=1S/C7H6F3NO2S/c8-7(9,10)5-3-4(14(12)13)1-2-6(5)11/h1-3H,11H2,(H,12,13). The van der Waals surface area contributed by atoms with Crippen LogP contribution in [0.3, 0.4) is 0 Å². The van der Waals surface area contributed by atoms with Crippen LogP contribution in [0.4, 0.5) is 18.9 Å². The van der Waals surface area contributed by atoms with E-state index >= 15 is 0 Å². The van der Waals surface area contributed by atoms with E-state index in [1.165, 1.54) is 0 Å². The Morgan fingerprint density at radius 1 is 1.36 bits per heavy atom. The summed E-state index contributed by atoms with van der Waals surface area (Å²) >= 11 is -2.44. The van der Waals surface area contributed by atoms with Crippen molar-refractivity contribution in [2.45, 2.75) is 11.1 Å². The average Bonchev–Trinajstić information content (AvgIpc) is 2.02. The fourth-order valence-electron chi connectivity index (χ4n) is 0.890. The van der Waals surface area contributed by atoms with Gasteiger partial charge in [-0.15, -0.1) is 0 Å². The number of alkyl halides is 3. The lowest BCUT2D eigenvalue weighted by Crippen LogP contribution is -2.09. The van der Waals surface area contributed by atoms with Crippen LogP contribution in [0.2, 0.25) is 0 Å². The van der Waals surface area contributed by atoms with Gasteiger partial charge in [-0.25, -0.2) is 4.21 Å². The summed E-state index contributed by atoms with van der Waals surface area (Å²) in [4.78, 5) is -0.327. The lowest BCUT2D eigenvalue weighted by Gasteiger charge is -2.10. The minimum absolute atomic E-state index is 0.327. The van der Waals surface area contributed by atoms with Crippen LogP contribution in [0.5, 0.6) is 0 Å². The molecule has 78 valence electrons. The summed E-state index contributed by atoms with van der Waals surface area (Å²) in [6.07, 6.45) is -4.61. The van der Waals surface area contributed by atoms with E-state index in [4.69, 9.17) is 10.3 Å². The van der Waals surface area contributed by atoms with Gasteiger partial charge in [-0.05, 0) is 18.2 Å². The molecule has 0 aromatic heterocycles. The maximum atomic E-state index is 12.2. The number of rotatable bonds is 1. The maximum absolute atomic E-state index is 12.2. The van der Waals surface area contributed by atoms with Crippen LogP contribution in [-0.4, -0.2) is 8.76 Å². The molecule has 0 saturated carbocycles. The molecule has 0 amide bonds. The normalized spacial score (nSPS) is 14.0. The second kappa shape index (κ2) is 3.58. The summed E-state index contributed by atoms with van der Waals surface area (Å²) in [7, 11) is 0. The third kappa shape index (κ3) is 2.24. The van der Waals surface area contributed by atoms with Crippen molar-refractivity contribution in [3.8, 4) is 0 Å². The first-order chi connectivity index (χ1) is 6.32. The summed E-state index contributed by atoms with van der Waals surface area (Å²) in [6.45, 7) is 0. The Kier molecular flexibility index (Phi) is 2.81. The highest BCUT2D eigenvalue weighted by Crippen LogP contribution is 2.34. The van der Waals surface area contributed by atoms with Gasteiger partial charge in [-0.3, -0.25) is 0 Å². The molecule has 0 aliphatic heterocycles. The van der Waals surface area contributed by atoms with Crippen molar-refractivity contribution in [2.75, 3.05) is 5.73 Å². The summed E-state index contributed by atoms with van der Waals surface area (Å²) in [5, 5.41) is 0. The van der Waals surface area contributed by atoms with E-state index < -0.39 is 28.5 Å². The van der Waals surface area contributed by atoms with Gasteiger partial charge in [-0.1, -0.05) is 0 Å². The van der Waals surface area contributed by atoms with E-state index in [0.29, 0.717) is 6.07 Å².